The Labute approximate surface area is 127 Å². The van der Waals surface area contributed by atoms with Crippen molar-refractivity contribution in [2.24, 2.45) is 17.8 Å². The first-order valence-corrected chi connectivity index (χ1v) is 8.65. The fourth-order valence-electron chi connectivity index (χ4n) is 4.18. The number of carboxylic acid groups (broad SMARTS) is 1. The average molecular weight is 295 g/mol. The van der Waals surface area contributed by atoms with Gasteiger partial charge in [-0.1, -0.05) is 39.0 Å². The minimum atomic E-state index is -0.730. The molecule has 4 unspecified atom stereocenters. The van der Waals surface area contributed by atoms with Crippen molar-refractivity contribution in [1.82, 2.24) is 5.32 Å². The molecule has 0 aliphatic heterocycles. The van der Waals surface area contributed by atoms with Crippen LogP contribution in [0.15, 0.2) is 0 Å². The number of aliphatic carboxylic acids is 1. The summed E-state index contributed by atoms with van der Waals surface area (Å²) in [5, 5.41) is 12.4. The van der Waals surface area contributed by atoms with Gasteiger partial charge in [0, 0.05) is 12.5 Å². The van der Waals surface area contributed by atoms with E-state index >= 15 is 0 Å². The van der Waals surface area contributed by atoms with Crippen molar-refractivity contribution in [1.29, 1.82) is 0 Å². The maximum absolute atomic E-state index is 12.0. The topological polar surface area (TPSA) is 66.4 Å². The molecule has 21 heavy (non-hydrogen) atoms. The van der Waals surface area contributed by atoms with Gasteiger partial charge in [0.15, 0.2) is 0 Å². The third kappa shape index (κ3) is 4.21. The summed E-state index contributed by atoms with van der Waals surface area (Å²) in [5.74, 6) is -0.352. The van der Waals surface area contributed by atoms with E-state index in [0.29, 0.717) is 12.3 Å². The average Bonchev–Trinajstić information content (AvgIpc) is 3.03. The Hall–Kier alpha value is -1.06. The summed E-state index contributed by atoms with van der Waals surface area (Å²) >= 11 is 0. The van der Waals surface area contributed by atoms with Gasteiger partial charge < -0.3 is 10.4 Å². The quantitative estimate of drug-likeness (QED) is 0.641. The number of carboxylic acids is 1. The van der Waals surface area contributed by atoms with E-state index in [0.717, 1.165) is 32.1 Å². The molecule has 0 heterocycles. The smallest absolute Gasteiger partial charge is 0.308 e. The van der Waals surface area contributed by atoms with Crippen LogP contribution in [-0.2, 0) is 9.59 Å². The van der Waals surface area contributed by atoms with Crippen molar-refractivity contribution in [3.05, 3.63) is 0 Å². The van der Waals surface area contributed by atoms with Crippen LogP contribution in [0.5, 0.6) is 0 Å². The van der Waals surface area contributed by atoms with E-state index in [9.17, 15) is 14.7 Å². The van der Waals surface area contributed by atoms with E-state index in [1.807, 2.05) is 0 Å². The Kier molecular flexibility index (Phi) is 6.07. The van der Waals surface area contributed by atoms with Gasteiger partial charge in [0.25, 0.3) is 0 Å². The molecular weight excluding hydrogens is 266 g/mol. The highest BCUT2D eigenvalue weighted by molar-refractivity contribution is 5.78. The van der Waals surface area contributed by atoms with Gasteiger partial charge in [-0.3, -0.25) is 9.59 Å². The minimum Gasteiger partial charge on any atom is -0.481 e. The fourth-order valence-corrected chi connectivity index (χ4v) is 4.18. The van der Waals surface area contributed by atoms with Gasteiger partial charge in [-0.25, -0.2) is 0 Å². The molecule has 4 heteroatoms. The van der Waals surface area contributed by atoms with Gasteiger partial charge in [0.05, 0.1) is 5.92 Å². The number of hydrogen-bond acceptors (Lipinski definition) is 2. The van der Waals surface area contributed by atoms with Crippen LogP contribution >= 0.6 is 0 Å². The van der Waals surface area contributed by atoms with E-state index in [-0.39, 0.29) is 23.8 Å². The number of rotatable bonds is 9. The van der Waals surface area contributed by atoms with E-state index in [2.05, 4.69) is 12.2 Å². The van der Waals surface area contributed by atoms with Gasteiger partial charge in [0.1, 0.15) is 0 Å². The summed E-state index contributed by atoms with van der Waals surface area (Å²) in [6.07, 6.45) is 10.6. The predicted molar refractivity (Wildman–Crippen MR) is 81.9 cm³/mol. The van der Waals surface area contributed by atoms with Crippen LogP contribution < -0.4 is 5.32 Å². The zero-order valence-corrected chi connectivity index (χ0v) is 13.1. The lowest BCUT2D eigenvalue weighted by Crippen LogP contribution is -2.46. The van der Waals surface area contributed by atoms with Crippen LogP contribution in [0.3, 0.4) is 0 Å². The Balaban J connectivity index is 1.68. The van der Waals surface area contributed by atoms with Crippen LogP contribution in [0.25, 0.3) is 0 Å². The fraction of sp³-hybridized carbons (Fsp3) is 0.882. The van der Waals surface area contributed by atoms with E-state index in [1.54, 1.807) is 0 Å². The molecular formula is C17H29NO3. The van der Waals surface area contributed by atoms with Gasteiger partial charge in [-0.05, 0) is 37.5 Å². The number of fused-ring (bicyclic) bond motifs is 2. The lowest BCUT2D eigenvalue weighted by Gasteiger charge is -2.28. The second-order valence-electron chi connectivity index (χ2n) is 6.81. The second-order valence-corrected chi connectivity index (χ2v) is 6.81. The number of unbranched alkanes of at least 4 members (excludes halogenated alkanes) is 5. The summed E-state index contributed by atoms with van der Waals surface area (Å²) in [6, 6.07) is -0.117. The summed E-state index contributed by atoms with van der Waals surface area (Å²) < 4.78 is 0. The largest absolute Gasteiger partial charge is 0.481 e. The van der Waals surface area contributed by atoms with E-state index in [1.165, 1.54) is 25.7 Å². The molecule has 1 amide bonds. The Morgan fingerprint density at radius 1 is 1.05 bits per heavy atom. The first-order valence-electron chi connectivity index (χ1n) is 8.65. The molecule has 2 rings (SSSR count). The minimum absolute atomic E-state index is 0.0503. The molecule has 120 valence electrons. The molecule has 2 bridgehead atoms. The number of carbonyl (C=O) groups is 2. The predicted octanol–water partition coefficient (Wildman–Crippen LogP) is 3.35. The first-order chi connectivity index (χ1) is 10.1. The van der Waals surface area contributed by atoms with Crippen molar-refractivity contribution in [3.8, 4) is 0 Å². The summed E-state index contributed by atoms with van der Waals surface area (Å²) in [7, 11) is 0. The van der Waals surface area contributed by atoms with Gasteiger partial charge in [0.2, 0.25) is 5.91 Å². The molecule has 2 saturated carbocycles. The molecule has 2 fully saturated rings. The molecule has 4 nitrogen and oxygen atoms in total. The molecule has 0 aromatic heterocycles. The van der Waals surface area contributed by atoms with Crippen molar-refractivity contribution in [2.45, 2.75) is 77.2 Å². The molecule has 0 radical (unpaired) electrons. The van der Waals surface area contributed by atoms with Crippen LogP contribution in [-0.4, -0.2) is 23.0 Å². The molecule has 2 aliphatic carbocycles. The van der Waals surface area contributed by atoms with Crippen LogP contribution in [0.1, 0.15) is 71.1 Å². The zero-order valence-electron chi connectivity index (χ0n) is 13.1. The van der Waals surface area contributed by atoms with Gasteiger partial charge in [-0.15, -0.1) is 0 Å². The Morgan fingerprint density at radius 2 is 1.71 bits per heavy atom. The zero-order chi connectivity index (χ0) is 15.2. The number of carbonyl (C=O) groups excluding carboxylic acids is 1. The van der Waals surface area contributed by atoms with E-state index in [4.69, 9.17) is 0 Å². The van der Waals surface area contributed by atoms with Gasteiger partial charge in [-0.2, -0.15) is 0 Å². The molecule has 2 N–H and O–H groups in total. The standard InChI is InChI=1S/C17H29NO3/c1-2-3-4-5-6-7-8-14(19)18-16-13-10-9-12(11-13)15(16)17(20)21/h12-13,15-16H,2-11H2,1H3,(H,18,19)(H,20,21). The summed E-state index contributed by atoms with van der Waals surface area (Å²) in [6.45, 7) is 2.20. The van der Waals surface area contributed by atoms with Crippen molar-refractivity contribution >= 4 is 11.9 Å². The van der Waals surface area contributed by atoms with Crippen LogP contribution in [0.2, 0.25) is 0 Å². The van der Waals surface area contributed by atoms with Crippen LogP contribution in [0, 0.1) is 17.8 Å². The lowest BCUT2D eigenvalue weighted by molar-refractivity contribution is -0.144. The molecule has 2 aliphatic rings. The summed E-state index contributed by atoms with van der Waals surface area (Å²) in [5.41, 5.74) is 0. The number of hydrogen-bond donors (Lipinski definition) is 2. The third-order valence-electron chi connectivity index (χ3n) is 5.29. The van der Waals surface area contributed by atoms with Crippen molar-refractivity contribution < 1.29 is 14.7 Å². The van der Waals surface area contributed by atoms with Gasteiger partial charge >= 0.3 is 5.97 Å². The summed E-state index contributed by atoms with van der Waals surface area (Å²) in [4.78, 5) is 23.4. The SMILES string of the molecule is CCCCCCCCC(=O)NC1C2CCC(C2)C1C(=O)O. The monoisotopic (exact) mass is 295 g/mol. The maximum atomic E-state index is 12.0. The second kappa shape index (κ2) is 7.81. The highest BCUT2D eigenvalue weighted by Crippen LogP contribution is 2.48. The molecule has 0 aromatic rings. The maximum Gasteiger partial charge on any atom is 0.308 e. The third-order valence-corrected chi connectivity index (χ3v) is 5.29. The number of amides is 1. The molecule has 0 spiro atoms. The normalized spacial score (nSPS) is 30.5. The highest BCUT2D eigenvalue weighted by Gasteiger charge is 2.51. The van der Waals surface area contributed by atoms with E-state index < -0.39 is 5.97 Å². The van der Waals surface area contributed by atoms with Crippen molar-refractivity contribution in [2.75, 3.05) is 0 Å². The first kappa shape index (κ1) is 16.3. The highest BCUT2D eigenvalue weighted by atomic mass is 16.4. The molecule has 0 saturated heterocycles. The molecule has 4 atom stereocenters. The lowest BCUT2D eigenvalue weighted by atomic mass is 9.84. The van der Waals surface area contributed by atoms with Crippen molar-refractivity contribution in [3.63, 3.8) is 0 Å². The number of nitrogens with one attached hydrogen (secondary N) is 1. The Bertz CT molecular complexity index is 369. The van der Waals surface area contributed by atoms with Crippen LogP contribution in [0.4, 0.5) is 0 Å². The Morgan fingerprint density at radius 3 is 2.43 bits per heavy atom. The molecule has 0 aromatic carbocycles.